The topological polar surface area (TPSA) is 32.7 Å². The highest BCUT2D eigenvalue weighted by atomic mass is 79.9. The summed E-state index contributed by atoms with van der Waals surface area (Å²) in [6.45, 7) is 10.3. The third kappa shape index (κ3) is 3.96. The molecule has 1 rings (SSSR count). The van der Waals surface area contributed by atoms with E-state index in [-0.39, 0.29) is 5.54 Å². The number of benzene rings is 1. The molecule has 0 spiro atoms. The summed E-state index contributed by atoms with van der Waals surface area (Å²) in [6.07, 6.45) is 0.217. The highest BCUT2D eigenvalue weighted by Crippen LogP contribution is 2.28. The van der Waals surface area contributed by atoms with Gasteiger partial charge in [0.15, 0.2) is 0 Å². The van der Waals surface area contributed by atoms with Crippen LogP contribution in [-0.4, -0.2) is 41.8 Å². The second kappa shape index (κ2) is 7.43. The van der Waals surface area contributed by atoms with Gasteiger partial charge < -0.3 is 9.84 Å². The molecule has 0 saturated heterocycles. The molecule has 4 heteroatoms. The number of aliphatic hydroxyl groups excluding tert-OH is 1. The van der Waals surface area contributed by atoms with Gasteiger partial charge in [-0.25, -0.2) is 0 Å². The van der Waals surface area contributed by atoms with Crippen LogP contribution in [0.4, 0.5) is 0 Å². The molecular formula is C16H26BrNO2. The Hall–Kier alpha value is -0.580. The first-order valence-corrected chi connectivity index (χ1v) is 7.91. The number of nitrogens with zero attached hydrogens (tertiary/aromatic N) is 1. The molecule has 0 aromatic heterocycles. The lowest BCUT2D eigenvalue weighted by Crippen LogP contribution is -2.53. The van der Waals surface area contributed by atoms with Crippen molar-refractivity contribution in [2.45, 2.75) is 45.8 Å². The van der Waals surface area contributed by atoms with Gasteiger partial charge in [0.1, 0.15) is 5.75 Å². The summed E-state index contributed by atoms with van der Waals surface area (Å²) in [7, 11) is 1.65. The molecule has 20 heavy (non-hydrogen) atoms. The maximum atomic E-state index is 10.6. The van der Waals surface area contributed by atoms with Crippen LogP contribution >= 0.6 is 15.9 Å². The molecule has 1 aromatic carbocycles. The van der Waals surface area contributed by atoms with Crippen molar-refractivity contribution >= 4 is 15.9 Å². The van der Waals surface area contributed by atoms with Gasteiger partial charge in [-0.1, -0.05) is 19.9 Å². The number of hydrogen-bond donors (Lipinski definition) is 1. The average molecular weight is 344 g/mol. The van der Waals surface area contributed by atoms with Gasteiger partial charge in [0.2, 0.25) is 0 Å². The molecule has 0 aliphatic rings. The van der Waals surface area contributed by atoms with Crippen LogP contribution in [0.15, 0.2) is 22.7 Å². The van der Waals surface area contributed by atoms with Crippen molar-refractivity contribution in [2.75, 3.05) is 20.2 Å². The summed E-state index contributed by atoms with van der Waals surface area (Å²) in [5.74, 6) is 0.811. The Morgan fingerprint density at radius 2 is 1.90 bits per heavy atom. The lowest BCUT2D eigenvalue weighted by Gasteiger charge is -2.41. The van der Waals surface area contributed by atoms with Crippen molar-refractivity contribution in [2.24, 2.45) is 0 Å². The molecule has 0 aliphatic heterocycles. The third-order valence-corrected chi connectivity index (χ3v) is 4.66. The predicted molar refractivity (Wildman–Crippen MR) is 87.4 cm³/mol. The quantitative estimate of drug-likeness (QED) is 0.822. The molecule has 1 unspecified atom stereocenters. The van der Waals surface area contributed by atoms with Crippen LogP contribution in [0.5, 0.6) is 5.75 Å². The van der Waals surface area contributed by atoms with Gasteiger partial charge >= 0.3 is 0 Å². The van der Waals surface area contributed by atoms with E-state index >= 15 is 0 Å². The molecule has 0 aliphatic carbocycles. The number of aliphatic hydroxyl groups is 1. The van der Waals surface area contributed by atoms with Crippen molar-refractivity contribution in [1.82, 2.24) is 4.90 Å². The first kappa shape index (κ1) is 17.5. The molecular weight excluding hydrogens is 318 g/mol. The molecule has 0 radical (unpaired) electrons. The van der Waals surface area contributed by atoms with Crippen molar-refractivity contribution in [1.29, 1.82) is 0 Å². The van der Waals surface area contributed by atoms with Gasteiger partial charge in [-0.05, 0) is 60.6 Å². The lowest BCUT2D eigenvalue weighted by molar-refractivity contribution is -0.00416. The van der Waals surface area contributed by atoms with Crippen molar-refractivity contribution < 1.29 is 9.84 Å². The molecule has 114 valence electrons. The Kier molecular flexibility index (Phi) is 6.49. The first-order chi connectivity index (χ1) is 9.36. The Balaban J connectivity index is 2.84. The monoisotopic (exact) mass is 343 g/mol. The molecule has 1 aromatic rings. The lowest BCUT2D eigenvalue weighted by atomic mass is 9.90. The zero-order valence-electron chi connectivity index (χ0n) is 13.1. The highest BCUT2D eigenvalue weighted by molar-refractivity contribution is 9.10. The number of rotatable bonds is 7. The summed E-state index contributed by atoms with van der Waals surface area (Å²) in [6, 6.07) is 5.95. The highest BCUT2D eigenvalue weighted by Gasteiger charge is 2.32. The van der Waals surface area contributed by atoms with E-state index in [0.717, 1.165) is 28.9 Å². The van der Waals surface area contributed by atoms with E-state index in [9.17, 15) is 5.11 Å². The Morgan fingerprint density at radius 1 is 1.30 bits per heavy atom. The molecule has 1 N–H and O–H groups in total. The average Bonchev–Trinajstić information content (AvgIpc) is 2.40. The fourth-order valence-electron chi connectivity index (χ4n) is 2.56. The van der Waals surface area contributed by atoms with Gasteiger partial charge in [0.25, 0.3) is 0 Å². The van der Waals surface area contributed by atoms with E-state index in [0.29, 0.717) is 6.42 Å². The molecule has 0 heterocycles. The number of likely N-dealkylation sites (N-methyl/N-ethyl adjacent to an activating group) is 1. The van der Waals surface area contributed by atoms with Crippen LogP contribution in [-0.2, 0) is 6.42 Å². The van der Waals surface area contributed by atoms with Gasteiger partial charge in [0.05, 0.1) is 17.7 Å². The minimum absolute atomic E-state index is 0.240. The summed E-state index contributed by atoms with van der Waals surface area (Å²) in [4.78, 5) is 2.29. The fourth-order valence-corrected chi connectivity index (χ4v) is 3.15. The van der Waals surface area contributed by atoms with Gasteiger partial charge in [0, 0.05) is 12.0 Å². The van der Waals surface area contributed by atoms with E-state index in [1.807, 2.05) is 18.2 Å². The molecule has 0 amide bonds. The zero-order chi connectivity index (χ0) is 15.3. The second-order valence-electron chi connectivity index (χ2n) is 5.51. The zero-order valence-corrected chi connectivity index (χ0v) is 14.7. The van der Waals surface area contributed by atoms with Crippen molar-refractivity contribution in [3.05, 3.63) is 28.2 Å². The SMILES string of the molecule is CCN(CC)C(C)(C)C(O)Cc1ccc(OC)c(Br)c1. The molecule has 1 atom stereocenters. The summed E-state index contributed by atoms with van der Waals surface area (Å²) < 4.78 is 6.15. The van der Waals surface area contributed by atoms with Gasteiger partial charge in [-0.2, -0.15) is 0 Å². The van der Waals surface area contributed by atoms with Crippen LogP contribution in [0.3, 0.4) is 0 Å². The Morgan fingerprint density at radius 3 is 2.35 bits per heavy atom. The number of ether oxygens (including phenoxy) is 1. The van der Waals surface area contributed by atoms with Crippen LogP contribution in [0.2, 0.25) is 0 Å². The van der Waals surface area contributed by atoms with Gasteiger partial charge in [-0.15, -0.1) is 0 Å². The molecule has 0 saturated carbocycles. The molecule has 0 bridgehead atoms. The fraction of sp³-hybridized carbons (Fsp3) is 0.625. The number of hydrogen-bond acceptors (Lipinski definition) is 3. The maximum absolute atomic E-state index is 10.6. The summed E-state index contributed by atoms with van der Waals surface area (Å²) in [5, 5.41) is 10.6. The smallest absolute Gasteiger partial charge is 0.133 e. The van der Waals surface area contributed by atoms with E-state index in [2.05, 4.69) is 48.5 Å². The minimum Gasteiger partial charge on any atom is -0.496 e. The Labute approximate surface area is 131 Å². The van der Waals surface area contributed by atoms with Crippen LogP contribution in [0, 0.1) is 0 Å². The van der Waals surface area contributed by atoms with E-state index in [1.165, 1.54) is 0 Å². The van der Waals surface area contributed by atoms with Crippen LogP contribution < -0.4 is 4.74 Å². The van der Waals surface area contributed by atoms with Crippen molar-refractivity contribution in [3.8, 4) is 5.75 Å². The van der Waals surface area contributed by atoms with Crippen LogP contribution in [0.1, 0.15) is 33.3 Å². The van der Waals surface area contributed by atoms with Gasteiger partial charge in [-0.3, -0.25) is 4.90 Å². The van der Waals surface area contributed by atoms with Crippen molar-refractivity contribution in [3.63, 3.8) is 0 Å². The standard InChI is InChI=1S/C16H26BrNO2/c1-6-18(7-2)16(3,4)15(19)11-12-8-9-14(20-5)13(17)10-12/h8-10,15,19H,6-7,11H2,1-5H3. The maximum Gasteiger partial charge on any atom is 0.133 e. The first-order valence-electron chi connectivity index (χ1n) is 7.12. The predicted octanol–water partition coefficient (Wildman–Crippen LogP) is 3.48. The van der Waals surface area contributed by atoms with E-state index in [4.69, 9.17) is 4.74 Å². The Bertz CT molecular complexity index is 430. The number of methoxy groups -OCH3 is 1. The molecule has 0 fully saturated rings. The summed E-state index contributed by atoms with van der Waals surface area (Å²) in [5.41, 5.74) is 0.862. The second-order valence-corrected chi connectivity index (χ2v) is 6.37. The summed E-state index contributed by atoms with van der Waals surface area (Å²) >= 11 is 3.49. The van der Waals surface area contributed by atoms with Crippen LogP contribution in [0.25, 0.3) is 0 Å². The largest absolute Gasteiger partial charge is 0.496 e. The number of halogens is 1. The minimum atomic E-state index is -0.414. The van der Waals surface area contributed by atoms with E-state index in [1.54, 1.807) is 7.11 Å². The van der Waals surface area contributed by atoms with E-state index < -0.39 is 6.10 Å². The normalized spacial score (nSPS) is 13.6. The molecule has 3 nitrogen and oxygen atoms in total. The third-order valence-electron chi connectivity index (χ3n) is 4.04.